The minimum Gasteiger partial charge on any atom is -0.432 e. The van der Waals surface area contributed by atoms with E-state index in [4.69, 9.17) is 0 Å². The van der Waals surface area contributed by atoms with Gasteiger partial charge in [0.15, 0.2) is 6.04 Å². The fourth-order valence-corrected chi connectivity index (χ4v) is 5.32. The molecule has 2 heterocycles. The lowest BCUT2D eigenvalue weighted by Crippen LogP contribution is -2.66. The largest absolute Gasteiger partial charge is 0.568 e. The van der Waals surface area contributed by atoms with Gasteiger partial charge in [-0.15, -0.1) is 0 Å². The molecule has 4 rings (SSSR count). The number of nitrogens with zero attached hydrogens (tertiary/aromatic N) is 3. The normalized spacial score (nSPS) is 23.0. The topological polar surface area (TPSA) is 110 Å². The van der Waals surface area contributed by atoms with Crippen LogP contribution in [0, 0.1) is 0 Å². The summed E-state index contributed by atoms with van der Waals surface area (Å²) in [5, 5.41) is 25.8. The van der Waals surface area contributed by atoms with Crippen LogP contribution < -0.4 is 5.32 Å². The lowest BCUT2D eigenvalue weighted by atomic mass is 10.1. The van der Waals surface area contributed by atoms with Crippen LogP contribution in [-0.2, 0) is 9.59 Å². The minimum absolute atomic E-state index is 0.250. The van der Waals surface area contributed by atoms with E-state index in [9.17, 15) is 24.7 Å². The molecule has 2 aromatic carbocycles. The van der Waals surface area contributed by atoms with E-state index in [1.54, 1.807) is 43.3 Å². The summed E-state index contributed by atoms with van der Waals surface area (Å²) in [6.07, 6.45) is 0.724. The predicted octanol–water partition coefficient (Wildman–Crippen LogP) is 4.40. The maximum Gasteiger partial charge on any atom is 0.568 e. The number of anilines is 1. The highest BCUT2D eigenvalue weighted by molar-refractivity contribution is 9.10. The summed E-state index contributed by atoms with van der Waals surface area (Å²) in [6.45, 7) is 2.29. The predicted molar refractivity (Wildman–Crippen MR) is 132 cm³/mol. The van der Waals surface area contributed by atoms with E-state index in [0.717, 1.165) is 4.47 Å². The van der Waals surface area contributed by atoms with Crippen molar-refractivity contribution in [2.24, 2.45) is 0 Å². The number of likely N-dealkylation sites (tertiary alicyclic amines) is 1. The van der Waals surface area contributed by atoms with Gasteiger partial charge in [0.2, 0.25) is 11.8 Å². The summed E-state index contributed by atoms with van der Waals surface area (Å²) in [6, 6.07) is 13.8. The third-order valence-corrected chi connectivity index (χ3v) is 7.48. The van der Waals surface area contributed by atoms with Gasteiger partial charge in [-0.2, -0.15) is 10.0 Å². The first-order chi connectivity index (χ1) is 16.7. The number of carbonyl (C=O) groups is 3. The number of hydrogen-bond donors (Lipinski definition) is 3. The van der Waals surface area contributed by atoms with Crippen LogP contribution in [0.5, 0.6) is 0 Å². The molecule has 2 aliphatic heterocycles. The molecule has 0 bridgehead atoms. The van der Waals surface area contributed by atoms with Gasteiger partial charge in [0, 0.05) is 27.0 Å². The van der Waals surface area contributed by atoms with E-state index in [-0.39, 0.29) is 18.4 Å². The lowest BCUT2D eigenvalue weighted by molar-refractivity contribution is -1.15. The zero-order valence-corrected chi connectivity index (χ0v) is 21.1. The van der Waals surface area contributed by atoms with Crippen LogP contribution in [0.15, 0.2) is 59.1 Å². The van der Waals surface area contributed by atoms with Crippen molar-refractivity contribution in [2.75, 3.05) is 18.4 Å². The molecule has 0 aromatic heterocycles. The third kappa shape index (κ3) is 4.97. The van der Waals surface area contributed by atoms with Gasteiger partial charge < -0.3 is 15.3 Å². The van der Waals surface area contributed by atoms with Crippen molar-refractivity contribution in [3.05, 3.63) is 64.6 Å². The van der Waals surface area contributed by atoms with Crippen LogP contribution in [0.25, 0.3) is 0 Å². The van der Waals surface area contributed by atoms with Gasteiger partial charge in [0.25, 0.3) is 0 Å². The minimum atomic E-state index is -1.45. The number of benzene rings is 2. The van der Waals surface area contributed by atoms with Gasteiger partial charge in [-0.1, -0.05) is 51.3 Å². The first-order valence-corrected chi connectivity index (χ1v) is 12.6. The molecule has 0 spiro atoms. The van der Waals surface area contributed by atoms with Gasteiger partial charge in [-0.25, -0.2) is 0 Å². The second-order valence-electron chi connectivity index (χ2n) is 9.03. The van der Waals surface area contributed by atoms with Crippen LogP contribution in [0.3, 0.4) is 0 Å². The standard InChI is InChI=1S/C25H29BrN4O5/c1-17(18-7-3-2-4-8-18)30(35,25(33)34)29-16-6-10-22(29)24(32)28-15-5-9-21(28)23(31)27-20-13-11-19(26)12-14-20/h2-4,7-8,11-14,17,21-22,35H,5-6,9-10,15-16H2,1H3,(H-,27,31,33,34)/p+1. The summed E-state index contributed by atoms with van der Waals surface area (Å²) < 4.78 is -0.521. The van der Waals surface area contributed by atoms with Gasteiger partial charge in [0.1, 0.15) is 12.1 Å². The number of quaternary nitrogens is 1. The van der Waals surface area contributed by atoms with E-state index in [1.807, 2.05) is 18.2 Å². The van der Waals surface area contributed by atoms with Crippen molar-refractivity contribution in [1.82, 2.24) is 9.91 Å². The molecular weight excluding hydrogens is 516 g/mol. The maximum absolute atomic E-state index is 13.7. The quantitative estimate of drug-likeness (QED) is 0.282. The van der Waals surface area contributed by atoms with E-state index in [0.29, 0.717) is 43.5 Å². The molecule has 0 saturated carbocycles. The molecule has 35 heavy (non-hydrogen) atoms. The van der Waals surface area contributed by atoms with Gasteiger partial charge >= 0.3 is 6.09 Å². The molecule has 0 radical (unpaired) electrons. The first kappa shape index (κ1) is 25.3. The summed E-state index contributed by atoms with van der Waals surface area (Å²) in [5.41, 5.74) is 1.28. The molecule has 2 aliphatic rings. The highest BCUT2D eigenvalue weighted by Crippen LogP contribution is 2.36. The molecule has 4 atom stereocenters. The second-order valence-corrected chi connectivity index (χ2v) is 9.94. The fourth-order valence-electron chi connectivity index (χ4n) is 5.06. The number of nitrogens with one attached hydrogen (secondary N) is 1. The Balaban J connectivity index is 1.55. The van der Waals surface area contributed by atoms with Gasteiger partial charge in [-0.3, -0.25) is 9.59 Å². The smallest absolute Gasteiger partial charge is 0.432 e. The van der Waals surface area contributed by atoms with Crippen LogP contribution >= 0.6 is 15.9 Å². The van der Waals surface area contributed by atoms with E-state index in [2.05, 4.69) is 21.2 Å². The number of carboxylic acid groups (broad SMARTS) is 1. The Morgan fingerprint density at radius 1 is 1.00 bits per heavy atom. The Bertz CT molecular complexity index is 1080. The summed E-state index contributed by atoms with van der Waals surface area (Å²) in [7, 11) is 0. The number of hydroxylamine groups is 2. The molecule has 4 unspecified atom stereocenters. The number of carbonyl (C=O) groups excluding carboxylic acids is 2. The molecule has 0 aliphatic carbocycles. The highest BCUT2D eigenvalue weighted by Gasteiger charge is 2.56. The molecule has 2 aromatic rings. The molecule has 9 nitrogen and oxygen atoms in total. The molecule has 186 valence electrons. The Morgan fingerprint density at radius 2 is 1.63 bits per heavy atom. The molecule has 3 N–H and O–H groups in total. The molecule has 3 amide bonds. The lowest BCUT2D eigenvalue weighted by Gasteiger charge is -2.39. The van der Waals surface area contributed by atoms with Crippen molar-refractivity contribution in [3.63, 3.8) is 0 Å². The van der Waals surface area contributed by atoms with E-state index in [1.165, 1.54) is 9.91 Å². The van der Waals surface area contributed by atoms with Crippen molar-refractivity contribution in [3.8, 4) is 0 Å². The van der Waals surface area contributed by atoms with Crippen LogP contribution in [0.4, 0.5) is 10.5 Å². The maximum atomic E-state index is 13.7. The van der Waals surface area contributed by atoms with Crippen LogP contribution in [0.2, 0.25) is 0 Å². The van der Waals surface area contributed by atoms with Crippen LogP contribution in [-0.4, -0.2) is 68.1 Å². The van der Waals surface area contributed by atoms with Crippen molar-refractivity contribution < 1.29 is 29.5 Å². The summed E-state index contributed by atoms with van der Waals surface area (Å²) >= 11 is 3.37. The SMILES string of the molecule is CC(c1ccccc1)[N+](O)(C(=O)O)N1CCCC1C(=O)N1CCCC1C(=O)Nc1ccc(Br)cc1. The monoisotopic (exact) mass is 545 g/mol. The first-order valence-electron chi connectivity index (χ1n) is 11.8. The fraction of sp³-hybridized carbons (Fsp3) is 0.400. The van der Waals surface area contributed by atoms with Gasteiger partial charge in [-0.05, 0) is 56.9 Å². The van der Waals surface area contributed by atoms with Gasteiger partial charge in [0.05, 0.1) is 6.54 Å². The number of hydrogen-bond acceptors (Lipinski definition) is 5. The van der Waals surface area contributed by atoms with E-state index < -0.39 is 29.0 Å². The Morgan fingerprint density at radius 3 is 2.29 bits per heavy atom. The van der Waals surface area contributed by atoms with Crippen molar-refractivity contribution in [1.29, 1.82) is 0 Å². The third-order valence-electron chi connectivity index (χ3n) is 6.96. The Kier molecular flexibility index (Phi) is 7.56. The summed E-state index contributed by atoms with van der Waals surface area (Å²) in [4.78, 5) is 40.7. The number of rotatable bonds is 6. The molecule has 10 heteroatoms. The zero-order chi connectivity index (χ0) is 25.2. The van der Waals surface area contributed by atoms with Crippen LogP contribution in [0.1, 0.15) is 44.2 Å². The highest BCUT2D eigenvalue weighted by atomic mass is 79.9. The Hall–Kier alpha value is -2.79. The Labute approximate surface area is 212 Å². The molecule has 2 fully saturated rings. The average Bonchev–Trinajstić information content (AvgIpc) is 3.55. The second kappa shape index (κ2) is 10.4. The average molecular weight is 546 g/mol. The molecular formula is C25H30BrN4O5+. The van der Waals surface area contributed by atoms with Crippen molar-refractivity contribution >= 4 is 39.5 Å². The van der Waals surface area contributed by atoms with Crippen molar-refractivity contribution in [2.45, 2.75) is 50.7 Å². The molecule has 2 saturated heterocycles. The summed E-state index contributed by atoms with van der Waals surface area (Å²) in [5.74, 6) is -0.600. The zero-order valence-electron chi connectivity index (χ0n) is 19.5. The van der Waals surface area contributed by atoms with E-state index >= 15 is 0 Å². The number of amides is 3. The number of halogens is 1.